The zero-order valence-electron chi connectivity index (χ0n) is 8.99. The highest BCUT2D eigenvalue weighted by molar-refractivity contribution is 9.10. The van der Waals surface area contributed by atoms with Crippen molar-refractivity contribution < 1.29 is 0 Å². The Labute approximate surface area is 103 Å². The lowest BCUT2D eigenvalue weighted by molar-refractivity contribution is 0.498. The maximum Gasteiger partial charge on any atom is 0.0199 e. The molecule has 0 aromatic heterocycles. The van der Waals surface area contributed by atoms with Gasteiger partial charge in [-0.1, -0.05) is 55.2 Å². The molecule has 0 radical (unpaired) electrons. The molecule has 2 rings (SSSR count). The Morgan fingerprint density at radius 1 is 1.27 bits per heavy atom. The molecule has 1 aromatic rings. The molecule has 1 unspecified atom stereocenters. The van der Waals surface area contributed by atoms with E-state index < -0.39 is 0 Å². The van der Waals surface area contributed by atoms with Crippen molar-refractivity contribution in [3.05, 3.63) is 46.5 Å². The zero-order chi connectivity index (χ0) is 11.1. The van der Waals surface area contributed by atoms with Crippen LogP contribution in [0.15, 0.2) is 46.5 Å². The summed E-state index contributed by atoms with van der Waals surface area (Å²) in [6, 6.07) is 9.97. The van der Waals surface area contributed by atoms with Crippen LogP contribution in [-0.2, 0) is 0 Å². The number of hydrogen-bond donors (Lipinski definition) is 0. The summed E-state index contributed by atoms with van der Waals surface area (Å²) >= 11 is 3.31. The second kappa shape index (κ2) is 7.16. The summed E-state index contributed by atoms with van der Waals surface area (Å²) in [5.41, 5.74) is 1.53. The van der Waals surface area contributed by atoms with Crippen molar-refractivity contribution in [1.29, 1.82) is 0 Å². The van der Waals surface area contributed by atoms with E-state index in [4.69, 9.17) is 0 Å². The van der Waals surface area contributed by atoms with Crippen molar-refractivity contribution in [2.75, 3.05) is 13.1 Å². The van der Waals surface area contributed by atoms with E-state index in [-0.39, 0.29) is 0 Å². The van der Waals surface area contributed by atoms with Crippen LogP contribution in [0.2, 0.25) is 0 Å². The molecule has 0 N–H and O–H groups in total. The lowest BCUT2D eigenvalue weighted by Crippen LogP contribution is -2.17. The Morgan fingerprint density at radius 2 is 1.93 bits per heavy atom. The largest absolute Gasteiger partial charge is 0.283 e. The summed E-state index contributed by atoms with van der Waals surface area (Å²) in [5.74, 6) is 0. The molecule has 1 heterocycles. The molecule has 82 valence electrons. The van der Waals surface area contributed by atoms with Crippen LogP contribution in [-0.4, -0.2) is 17.8 Å². The summed E-state index contributed by atoms with van der Waals surface area (Å²) in [4.78, 5) is 0. The van der Waals surface area contributed by atoms with E-state index in [1.54, 1.807) is 0 Å². The number of benzene rings is 1. The van der Waals surface area contributed by atoms with E-state index in [0.717, 1.165) is 11.0 Å². The second-order valence-corrected chi connectivity index (χ2v) is 5.24. The second-order valence-electron chi connectivity index (χ2n) is 3.59. The average molecular weight is 286 g/mol. The van der Waals surface area contributed by atoms with Gasteiger partial charge in [0.1, 0.15) is 0 Å². The number of halogens is 1. The minimum absolute atomic E-state index is 1.11. The first kappa shape index (κ1) is 12.9. The molecule has 0 aliphatic carbocycles. The molecule has 1 atom stereocenters. The molecule has 0 fully saturated rings. The van der Waals surface area contributed by atoms with Gasteiger partial charge in [-0.25, -0.2) is 0 Å². The highest BCUT2D eigenvalue weighted by Gasteiger charge is 2.01. The van der Waals surface area contributed by atoms with Crippen molar-refractivity contribution in [2.45, 2.75) is 13.3 Å². The van der Waals surface area contributed by atoms with E-state index in [1.165, 1.54) is 18.5 Å². The van der Waals surface area contributed by atoms with Crippen LogP contribution in [0.4, 0.5) is 0 Å². The van der Waals surface area contributed by atoms with Gasteiger partial charge in [0.05, 0.1) is 0 Å². The van der Waals surface area contributed by atoms with Gasteiger partial charge >= 0.3 is 0 Å². The Kier molecular flexibility index (Phi) is 6.16. The Hall–Kier alpha value is -0.170. The van der Waals surface area contributed by atoms with Crippen LogP contribution < -0.4 is 0 Å². The molecule has 1 aromatic carbocycles. The summed E-state index contributed by atoms with van der Waals surface area (Å²) in [6.45, 7) is 4.50. The maximum absolute atomic E-state index is 3.31. The molecular weight excluding hydrogens is 269 g/mol. The van der Waals surface area contributed by atoms with Gasteiger partial charge in [-0.15, -0.1) is 0 Å². The minimum Gasteiger partial charge on any atom is -0.283 e. The molecule has 0 saturated carbocycles. The Morgan fingerprint density at radius 3 is 2.27 bits per heavy atom. The van der Waals surface area contributed by atoms with Gasteiger partial charge in [-0.2, -0.15) is 0 Å². The summed E-state index contributed by atoms with van der Waals surface area (Å²) < 4.78 is 3.38. The fourth-order valence-corrected chi connectivity index (χ4v) is 1.74. The fraction of sp³-hybridized carbons (Fsp3) is 0.333. The fourth-order valence-electron chi connectivity index (χ4n) is 1.20. The third-order valence-corrected chi connectivity index (χ3v) is 3.20. The van der Waals surface area contributed by atoms with Gasteiger partial charge in [0.15, 0.2) is 0 Å². The molecule has 1 aliphatic heterocycles. The maximum atomic E-state index is 3.31. The lowest BCUT2D eigenvalue weighted by atomic mass is 10.1. The minimum atomic E-state index is 1.11. The quantitative estimate of drug-likeness (QED) is 0.517. The predicted octanol–water partition coefficient (Wildman–Crippen LogP) is 3.88. The smallest absolute Gasteiger partial charge is 0.0199 e. The molecule has 0 spiro atoms. The average Bonchev–Trinajstić information content (AvgIpc) is 2.25. The normalized spacial score (nSPS) is 16.3. The van der Waals surface area contributed by atoms with Gasteiger partial charge in [0.25, 0.3) is 0 Å². The molecule has 15 heavy (non-hydrogen) atoms. The lowest BCUT2D eigenvalue weighted by Gasteiger charge is -2.19. The summed E-state index contributed by atoms with van der Waals surface area (Å²) in [5, 5.41) is 0. The van der Waals surface area contributed by atoms with E-state index in [9.17, 15) is 0 Å². The van der Waals surface area contributed by atoms with E-state index >= 15 is 0 Å². The van der Waals surface area contributed by atoms with Gasteiger partial charge in [0, 0.05) is 17.6 Å². The van der Waals surface area contributed by atoms with Crippen molar-refractivity contribution in [3.8, 4) is 0 Å². The highest BCUT2D eigenvalue weighted by Crippen LogP contribution is 2.11. The molecule has 0 amide bonds. The van der Waals surface area contributed by atoms with Crippen LogP contribution >= 0.6 is 25.3 Å². The third-order valence-electron chi connectivity index (χ3n) is 2.20. The van der Waals surface area contributed by atoms with Crippen LogP contribution in [0, 0.1) is 0 Å². The van der Waals surface area contributed by atoms with Crippen molar-refractivity contribution >= 4 is 25.3 Å². The molecular formula is C12H17BrNP. The summed E-state index contributed by atoms with van der Waals surface area (Å²) in [7, 11) is 2.71. The highest BCUT2D eigenvalue weighted by atomic mass is 79.9. The van der Waals surface area contributed by atoms with Crippen LogP contribution in [0.3, 0.4) is 0 Å². The first-order valence-electron chi connectivity index (χ1n) is 5.04. The Bertz CT molecular complexity index is 311. The molecule has 1 nitrogen and oxygen atoms in total. The van der Waals surface area contributed by atoms with Crippen molar-refractivity contribution in [2.24, 2.45) is 0 Å². The first-order chi connectivity index (χ1) is 7.18. The van der Waals surface area contributed by atoms with Gasteiger partial charge < -0.3 is 0 Å². The van der Waals surface area contributed by atoms with Crippen LogP contribution in [0.1, 0.15) is 13.3 Å². The third kappa shape index (κ3) is 6.09. The van der Waals surface area contributed by atoms with Gasteiger partial charge in [-0.3, -0.25) is 4.67 Å². The molecule has 3 heteroatoms. The van der Waals surface area contributed by atoms with Crippen molar-refractivity contribution in [3.63, 3.8) is 0 Å². The van der Waals surface area contributed by atoms with E-state index in [0.29, 0.717) is 0 Å². The SMILES string of the molecule is Brc1ccccc1.CC1=CCN(P)CC1. The number of rotatable bonds is 0. The topological polar surface area (TPSA) is 3.24 Å². The monoisotopic (exact) mass is 285 g/mol. The van der Waals surface area contributed by atoms with Crippen molar-refractivity contribution in [1.82, 2.24) is 4.67 Å². The number of hydrogen-bond acceptors (Lipinski definition) is 1. The summed E-state index contributed by atoms with van der Waals surface area (Å²) in [6.07, 6.45) is 3.51. The standard InChI is InChI=1S/C6H5Br.C6H12NP/c7-6-4-2-1-3-5-6;1-6-2-4-7(8)5-3-6/h1-5H;2H,3-5,8H2,1H3. The van der Waals surface area contributed by atoms with Gasteiger partial charge in [0.2, 0.25) is 0 Å². The zero-order valence-corrected chi connectivity index (χ0v) is 11.7. The van der Waals surface area contributed by atoms with Crippen LogP contribution in [0.5, 0.6) is 0 Å². The Balaban J connectivity index is 0.000000151. The van der Waals surface area contributed by atoms with Gasteiger partial charge in [-0.05, 0) is 25.5 Å². The number of nitrogens with zero attached hydrogens (tertiary/aromatic N) is 1. The van der Waals surface area contributed by atoms with E-state index in [2.05, 4.69) is 43.0 Å². The van der Waals surface area contributed by atoms with Crippen LogP contribution in [0.25, 0.3) is 0 Å². The molecule has 0 bridgehead atoms. The predicted molar refractivity (Wildman–Crippen MR) is 73.8 cm³/mol. The molecule has 1 aliphatic rings. The first-order valence-corrected chi connectivity index (χ1v) is 6.35. The van der Waals surface area contributed by atoms with E-state index in [1.807, 2.05) is 30.3 Å². The molecule has 0 saturated heterocycles.